The second kappa shape index (κ2) is 5.66. The van der Waals surface area contributed by atoms with Gasteiger partial charge in [-0.15, -0.1) is 0 Å². The maximum atomic E-state index is 11.9. The van der Waals surface area contributed by atoms with Crippen LogP contribution in [0.3, 0.4) is 0 Å². The zero-order valence-electron chi connectivity index (χ0n) is 9.19. The molecule has 1 unspecified atom stereocenters. The van der Waals surface area contributed by atoms with Gasteiger partial charge in [-0.1, -0.05) is 30.7 Å². The van der Waals surface area contributed by atoms with Crippen LogP contribution in [0.5, 0.6) is 0 Å². The van der Waals surface area contributed by atoms with E-state index in [1.165, 1.54) is 0 Å². The molecule has 0 heterocycles. The quantitative estimate of drug-likeness (QED) is 0.882. The molecule has 0 saturated heterocycles. The largest absolute Gasteiger partial charge is 0.329 e. The van der Waals surface area contributed by atoms with Crippen molar-refractivity contribution in [2.45, 2.75) is 24.3 Å². The Morgan fingerprint density at radius 3 is 2.31 bits per heavy atom. The molecule has 3 nitrogen and oxygen atoms in total. The minimum absolute atomic E-state index is 0.0277. The summed E-state index contributed by atoms with van der Waals surface area (Å²) in [7, 11) is -3.16. The Balaban J connectivity index is 2.84. The Morgan fingerprint density at radius 2 is 1.88 bits per heavy atom. The molecule has 16 heavy (non-hydrogen) atoms. The van der Waals surface area contributed by atoms with Crippen molar-refractivity contribution in [1.29, 1.82) is 0 Å². The highest BCUT2D eigenvalue weighted by atomic mass is 35.5. The van der Waals surface area contributed by atoms with Gasteiger partial charge in [-0.2, -0.15) is 0 Å². The maximum absolute atomic E-state index is 11.9. The fourth-order valence-electron chi connectivity index (χ4n) is 1.50. The SMILES string of the molecule is CCC(CN)S(=O)(=O)Cc1ccc(Cl)cc1. The first kappa shape index (κ1) is 13.5. The number of hydrogen-bond acceptors (Lipinski definition) is 3. The highest BCUT2D eigenvalue weighted by Gasteiger charge is 2.22. The van der Waals surface area contributed by atoms with Gasteiger partial charge in [0.25, 0.3) is 0 Å². The first-order valence-corrected chi connectivity index (χ1v) is 7.25. The summed E-state index contributed by atoms with van der Waals surface area (Å²) in [5.74, 6) is 0.0277. The van der Waals surface area contributed by atoms with Gasteiger partial charge in [0.2, 0.25) is 0 Å². The molecule has 0 spiro atoms. The molecule has 0 bridgehead atoms. The predicted molar refractivity (Wildman–Crippen MR) is 67.2 cm³/mol. The zero-order valence-corrected chi connectivity index (χ0v) is 10.8. The molecule has 1 rings (SSSR count). The average molecular weight is 262 g/mol. The summed E-state index contributed by atoms with van der Waals surface area (Å²) in [5.41, 5.74) is 6.19. The van der Waals surface area contributed by atoms with Crippen molar-refractivity contribution in [1.82, 2.24) is 0 Å². The highest BCUT2D eigenvalue weighted by Crippen LogP contribution is 2.15. The summed E-state index contributed by atoms with van der Waals surface area (Å²) in [6, 6.07) is 6.83. The predicted octanol–water partition coefficient (Wildman–Crippen LogP) is 1.99. The van der Waals surface area contributed by atoms with Gasteiger partial charge in [0, 0.05) is 11.6 Å². The molecule has 2 N–H and O–H groups in total. The molecule has 90 valence electrons. The Morgan fingerprint density at radius 1 is 1.31 bits per heavy atom. The fourth-order valence-corrected chi connectivity index (χ4v) is 3.32. The van der Waals surface area contributed by atoms with Crippen LogP contribution in [0.15, 0.2) is 24.3 Å². The van der Waals surface area contributed by atoms with Crippen molar-refractivity contribution < 1.29 is 8.42 Å². The molecule has 0 aliphatic rings. The van der Waals surface area contributed by atoms with Gasteiger partial charge in [-0.3, -0.25) is 0 Å². The Labute approximate surface area is 102 Å². The standard InChI is InChI=1S/C11H16ClNO2S/c1-2-11(7-13)16(14,15)8-9-3-5-10(12)6-4-9/h3-6,11H,2,7-8,13H2,1H3. The van der Waals surface area contributed by atoms with Gasteiger partial charge in [0.1, 0.15) is 0 Å². The summed E-state index contributed by atoms with van der Waals surface area (Å²) in [4.78, 5) is 0. The van der Waals surface area contributed by atoms with Crippen LogP contribution >= 0.6 is 11.6 Å². The third kappa shape index (κ3) is 3.47. The van der Waals surface area contributed by atoms with Gasteiger partial charge < -0.3 is 5.73 Å². The van der Waals surface area contributed by atoms with Crippen LogP contribution in [0, 0.1) is 0 Å². The lowest BCUT2D eigenvalue weighted by atomic mass is 10.2. The lowest BCUT2D eigenvalue weighted by Crippen LogP contribution is -2.30. The van der Waals surface area contributed by atoms with E-state index in [-0.39, 0.29) is 12.3 Å². The highest BCUT2D eigenvalue weighted by molar-refractivity contribution is 7.91. The van der Waals surface area contributed by atoms with Crippen molar-refractivity contribution in [2.24, 2.45) is 5.73 Å². The third-order valence-electron chi connectivity index (χ3n) is 2.51. The Hall–Kier alpha value is -0.580. The first-order chi connectivity index (χ1) is 7.49. The van der Waals surface area contributed by atoms with Crippen LogP contribution in [0.1, 0.15) is 18.9 Å². The molecule has 1 atom stereocenters. The molecule has 0 saturated carbocycles. The molecular formula is C11H16ClNO2S. The second-order valence-corrected chi connectivity index (χ2v) is 6.42. The molecule has 0 aromatic heterocycles. The third-order valence-corrected chi connectivity index (χ3v) is 5.04. The summed E-state index contributed by atoms with van der Waals surface area (Å²) >= 11 is 5.73. The number of benzene rings is 1. The molecule has 0 amide bonds. The van der Waals surface area contributed by atoms with Crippen LogP contribution in [0.4, 0.5) is 0 Å². The van der Waals surface area contributed by atoms with Crippen molar-refractivity contribution >= 4 is 21.4 Å². The molecule has 0 aliphatic heterocycles. The normalized spacial score (nSPS) is 13.7. The number of nitrogens with two attached hydrogens (primary N) is 1. The lowest BCUT2D eigenvalue weighted by Gasteiger charge is -2.13. The van der Waals surface area contributed by atoms with E-state index >= 15 is 0 Å². The van der Waals surface area contributed by atoms with Crippen molar-refractivity contribution in [3.8, 4) is 0 Å². The Kier molecular flexibility index (Phi) is 4.77. The van der Waals surface area contributed by atoms with E-state index in [0.29, 0.717) is 11.4 Å². The molecule has 5 heteroatoms. The van der Waals surface area contributed by atoms with E-state index in [1.54, 1.807) is 24.3 Å². The first-order valence-electron chi connectivity index (χ1n) is 5.15. The number of halogens is 1. The van der Waals surface area contributed by atoms with Crippen LogP contribution in [0.2, 0.25) is 5.02 Å². The fraction of sp³-hybridized carbons (Fsp3) is 0.455. The van der Waals surface area contributed by atoms with Gasteiger partial charge in [-0.25, -0.2) is 8.42 Å². The van der Waals surface area contributed by atoms with E-state index < -0.39 is 15.1 Å². The van der Waals surface area contributed by atoms with Gasteiger partial charge in [0.05, 0.1) is 11.0 Å². The lowest BCUT2D eigenvalue weighted by molar-refractivity contribution is 0.575. The number of rotatable bonds is 5. The second-order valence-electron chi connectivity index (χ2n) is 3.70. The number of hydrogen-bond donors (Lipinski definition) is 1. The van der Waals surface area contributed by atoms with Crippen molar-refractivity contribution in [3.05, 3.63) is 34.9 Å². The van der Waals surface area contributed by atoms with E-state index in [1.807, 2.05) is 6.92 Å². The average Bonchev–Trinajstić information content (AvgIpc) is 2.22. The van der Waals surface area contributed by atoms with Gasteiger partial charge >= 0.3 is 0 Å². The Bertz CT molecular complexity index is 424. The number of sulfone groups is 1. The molecular weight excluding hydrogens is 246 g/mol. The molecule has 1 aromatic rings. The molecule has 0 radical (unpaired) electrons. The van der Waals surface area contributed by atoms with Crippen LogP contribution in [-0.4, -0.2) is 20.2 Å². The molecule has 1 aromatic carbocycles. The van der Waals surface area contributed by atoms with Crippen molar-refractivity contribution in [3.63, 3.8) is 0 Å². The summed E-state index contributed by atoms with van der Waals surface area (Å²) < 4.78 is 23.9. The van der Waals surface area contributed by atoms with Crippen LogP contribution in [-0.2, 0) is 15.6 Å². The van der Waals surface area contributed by atoms with Crippen molar-refractivity contribution in [2.75, 3.05) is 6.54 Å². The molecule has 0 aliphatic carbocycles. The van der Waals surface area contributed by atoms with Crippen LogP contribution in [0.25, 0.3) is 0 Å². The summed E-state index contributed by atoms with van der Waals surface area (Å²) in [5, 5.41) is 0.148. The maximum Gasteiger partial charge on any atom is 0.158 e. The van der Waals surface area contributed by atoms with E-state index in [9.17, 15) is 8.42 Å². The monoisotopic (exact) mass is 261 g/mol. The molecule has 0 fully saturated rings. The summed E-state index contributed by atoms with van der Waals surface area (Å²) in [6.07, 6.45) is 0.548. The van der Waals surface area contributed by atoms with E-state index in [4.69, 9.17) is 17.3 Å². The van der Waals surface area contributed by atoms with E-state index in [2.05, 4.69) is 0 Å². The van der Waals surface area contributed by atoms with Crippen LogP contribution < -0.4 is 5.73 Å². The summed E-state index contributed by atoms with van der Waals surface area (Å²) in [6.45, 7) is 2.00. The van der Waals surface area contributed by atoms with E-state index in [0.717, 1.165) is 5.56 Å². The minimum atomic E-state index is -3.16. The van der Waals surface area contributed by atoms with Gasteiger partial charge in [-0.05, 0) is 24.1 Å². The minimum Gasteiger partial charge on any atom is -0.329 e. The van der Waals surface area contributed by atoms with Gasteiger partial charge in [0.15, 0.2) is 9.84 Å². The zero-order chi connectivity index (χ0) is 12.2. The topological polar surface area (TPSA) is 60.2 Å². The smallest absolute Gasteiger partial charge is 0.158 e.